The first kappa shape index (κ1) is 26.3. The van der Waals surface area contributed by atoms with E-state index < -0.39 is 5.97 Å². The van der Waals surface area contributed by atoms with Crippen molar-refractivity contribution >= 4 is 52.2 Å². The van der Waals surface area contributed by atoms with Crippen LogP contribution in [0.1, 0.15) is 35.3 Å². The second kappa shape index (κ2) is 12.0. The summed E-state index contributed by atoms with van der Waals surface area (Å²) in [6, 6.07) is 19.3. The van der Waals surface area contributed by atoms with Gasteiger partial charge in [0, 0.05) is 11.6 Å². The van der Waals surface area contributed by atoms with Crippen LogP contribution in [0.15, 0.2) is 76.6 Å². The van der Waals surface area contributed by atoms with Gasteiger partial charge < -0.3 is 14.6 Å². The zero-order valence-corrected chi connectivity index (χ0v) is 21.9. The molecule has 4 rings (SSSR count). The first-order valence-electron chi connectivity index (χ1n) is 11.7. The Balaban J connectivity index is 1.57. The molecule has 0 spiro atoms. The van der Waals surface area contributed by atoms with Gasteiger partial charge in [0.1, 0.15) is 6.61 Å². The predicted octanol–water partition coefficient (Wildman–Crippen LogP) is 6.64. The number of likely N-dealkylation sites (N-methyl/N-ethyl adjacent to an activating group) is 1. The maximum absolute atomic E-state index is 13.1. The number of rotatable bonds is 9. The summed E-state index contributed by atoms with van der Waals surface area (Å²) in [7, 11) is 0. The maximum atomic E-state index is 13.1. The predicted molar refractivity (Wildman–Crippen MR) is 147 cm³/mol. The molecule has 1 aliphatic rings. The van der Waals surface area contributed by atoms with Crippen LogP contribution in [0.3, 0.4) is 0 Å². The molecule has 37 heavy (non-hydrogen) atoms. The zero-order chi connectivity index (χ0) is 26.4. The van der Waals surface area contributed by atoms with Crippen LogP contribution < -0.4 is 9.47 Å². The van der Waals surface area contributed by atoms with Crippen molar-refractivity contribution in [1.29, 1.82) is 0 Å². The minimum atomic E-state index is -1.03. The van der Waals surface area contributed by atoms with Crippen molar-refractivity contribution in [2.75, 3.05) is 13.2 Å². The fraction of sp³-hybridized carbons (Fsp3) is 0.179. The molecule has 0 aliphatic carbocycles. The summed E-state index contributed by atoms with van der Waals surface area (Å²) in [5.74, 6) is -0.0226. The van der Waals surface area contributed by atoms with Crippen molar-refractivity contribution in [2.45, 2.75) is 20.5 Å². The number of hydrogen-bond donors (Lipinski definition) is 1. The number of carboxylic acids is 1. The lowest BCUT2D eigenvalue weighted by Crippen LogP contribution is -2.28. The number of thioether (sulfide) groups is 1. The maximum Gasteiger partial charge on any atom is 0.335 e. The number of aromatic carboxylic acids is 1. The van der Waals surface area contributed by atoms with Crippen LogP contribution >= 0.6 is 23.4 Å². The van der Waals surface area contributed by atoms with Crippen molar-refractivity contribution in [3.8, 4) is 11.5 Å². The van der Waals surface area contributed by atoms with E-state index in [1.54, 1.807) is 23.1 Å². The zero-order valence-electron chi connectivity index (χ0n) is 20.3. The van der Waals surface area contributed by atoms with E-state index in [9.17, 15) is 14.7 Å². The first-order valence-corrected chi connectivity index (χ1v) is 12.8. The molecule has 1 amide bonds. The first-order chi connectivity index (χ1) is 17.9. The molecule has 0 aromatic heterocycles. The minimum absolute atomic E-state index is 0.136. The summed E-state index contributed by atoms with van der Waals surface area (Å²) in [5.41, 5.74) is 2.36. The summed E-state index contributed by atoms with van der Waals surface area (Å²) < 4.78 is 11.8. The Morgan fingerprint density at radius 3 is 2.54 bits per heavy atom. The molecule has 0 unspecified atom stereocenters. The number of ether oxygens (including phenoxy) is 2. The van der Waals surface area contributed by atoms with Crippen molar-refractivity contribution < 1.29 is 24.2 Å². The number of amidine groups is 1. The number of aliphatic imine (C=N–C) groups is 1. The van der Waals surface area contributed by atoms with Crippen LogP contribution in [0.5, 0.6) is 11.5 Å². The van der Waals surface area contributed by atoms with Gasteiger partial charge in [0.2, 0.25) is 0 Å². The number of hydrogen-bond acceptors (Lipinski definition) is 6. The highest BCUT2D eigenvalue weighted by atomic mass is 35.5. The van der Waals surface area contributed by atoms with E-state index in [0.717, 1.165) is 11.1 Å². The van der Waals surface area contributed by atoms with E-state index >= 15 is 0 Å². The minimum Gasteiger partial charge on any atom is -0.490 e. The second-order valence-corrected chi connectivity index (χ2v) is 9.41. The molecule has 3 aromatic carbocycles. The molecule has 9 heteroatoms. The average molecular weight is 537 g/mol. The molecule has 0 radical (unpaired) electrons. The van der Waals surface area contributed by atoms with E-state index in [0.29, 0.717) is 52.0 Å². The van der Waals surface area contributed by atoms with Gasteiger partial charge in [-0.3, -0.25) is 9.69 Å². The third-order valence-corrected chi connectivity index (χ3v) is 6.65. The van der Waals surface area contributed by atoms with Crippen LogP contribution in [0.2, 0.25) is 5.02 Å². The van der Waals surface area contributed by atoms with E-state index in [4.69, 9.17) is 21.1 Å². The molecule has 1 saturated heterocycles. The van der Waals surface area contributed by atoms with E-state index in [1.165, 1.54) is 23.9 Å². The molecule has 0 bridgehead atoms. The topological polar surface area (TPSA) is 88.4 Å². The third kappa shape index (κ3) is 6.53. The van der Waals surface area contributed by atoms with Crippen LogP contribution in [0.25, 0.3) is 6.08 Å². The highest BCUT2D eigenvalue weighted by Gasteiger charge is 2.32. The highest BCUT2D eigenvalue weighted by molar-refractivity contribution is 8.18. The summed E-state index contributed by atoms with van der Waals surface area (Å²) in [6.07, 6.45) is 1.79. The number of nitrogens with zero attached hydrogens (tertiary/aromatic N) is 2. The van der Waals surface area contributed by atoms with Crippen LogP contribution in [-0.4, -0.2) is 40.2 Å². The van der Waals surface area contributed by atoms with Crippen molar-refractivity contribution in [2.24, 2.45) is 4.99 Å². The summed E-state index contributed by atoms with van der Waals surface area (Å²) in [5, 5.41) is 10.4. The largest absolute Gasteiger partial charge is 0.490 e. The lowest BCUT2D eigenvalue weighted by Gasteiger charge is -2.13. The molecule has 1 fully saturated rings. The van der Waals surface area contributed by atoms with E-state index in [1.807, 2.05) is 56.3 Å². The Labute approximate surface area is 224 Å². The molecule has 0 saturated carbocycles. The number of carbonyl (C=O) groups is 2. The van der Waals surface area contributed by atoms with Crippen LogP contribution in [0, 0.1) is 0 Å². The van der Waals surface area contributed by atoms with Gasteiger partial charge in [-0.25, -0.2) is 9.79 Å². The molecular weight excluding hydrogens is 512 g/mol. The SMILES string of the molecule is CCOc1cc(/C=C2/SC(=Nc3cccc(C(=O)O)c3)N(CC)C2=O)ccc1OCc1ccc(Cl)cc1. The lowest BCUT2D eigenvalue weighted by molar-refractivity contribution is -0.122. The molecular formula is C28H25ClN2O5S. The number of carboxylic acid groups (broad SMARTS) is 1. The number of benzene rings is 3. The molecule has 1 aliphatic heterocycles. The summed E-state index contributed by atoms with van der Waals surface area (Å²) in [4.78, 5) is 31.0. The van der Waals surface area contributed by atoms with Gasteiger partial charge in [-0.2, -0.15) is 0 Å². The van der Waals surface area contributed by atoms with Crippen molar-refractivity contribution in [3.05, 3.63) is 93.3 Å². The standard InChI is InChI=1S/C28H25ClN2O5S/c1-3-31-26(32)25(37-28(31)30-22-7-5-6-20(16-22)27(33)34)15-19-10-13-23(24(14-19)35-4-2)36-17-18-8-11-21(29)12-9-18/h5-16H,3-4,17H2,1-2H3,(H,33,34)/b25-15+,30-28?. The molecule has 7 nitrogen and oxygen atoms in total. The Bertz CT molecular complexity index is 1370. The number of amides is 1. The Morgan fingerprint density at radius 2 is 1.84 bits per heavy atom. The Kier molecular flexibility index (Phi) is 8.53. The van der Waals surface area contributed by atoms with Gasteiger partial charge in [-0.05, 0) is 85.3 Å². The van der Waals surface area contributed by atoms with Gasteiger partial charge in [-0.15, -0.1) is 0 Å². The monoisotopic (exact) mass is 536 g/mol. The van der Waals surface area contributed by atoms with Gasteiger partial charge in [0.15, 0.2) is 16.7 Å². The molecule has 0 atom stereocenters. The molecule has 1 N–H and O–H groups in total. The average Bonchev–Trinajstić information content (AvgIpc) is 3.18. The highest BCUT2D eigenvalue weighted by Crippen LogP contribution is 2.36. The van der Waals surface area contributed by atoms with Crippen molar-refractivity contribution in [1.82, 2.24) is 4.90 Å². The lowest BCUT2D eigenvalue weighted by atomic mass is 10.1. The smallest absolute Gasteiger partial charge is 0.335 e. The Hall–Kier alpha value is -3.75. The van der Waals surface area contributed by atoms with Crippen LogP contribution in [-0.2, 0) is 11.4 Å². The third-order valence-electron chi connectivity index (χ3n) is 5.40. The molecule has 3 aromatic rings. The van der Waals surface area contributed by atoms with Gasteiger partial charge in [0.05, 0.1) is 22.8 Å². The van der Waals surface area contributed by atoms with Crippen molar-refractivity contribution in [3.63, 3.8) is 0 Å². The Morgan fingerprint density at radius 1 is 1.05 bits per heavy atom. The fourth-order valence-electron chi connectivity index (χ4n) is 3.58. The summed E-state index contributed by atoms with van der Waals surface area (Å²) in [6.45, 7) is 5.01. The van der Waals surface area contributed by atoms with E-state index in [2.05, 4.69) is 4.99 Å². The summed E-state index contributed by atoms with van der Waals surface area (Å²) >= 11 is 7.20. The number of halogens is 1. The normalized spacial score (nSPS) is 15.4. The quantitative estimate of drug-likeness (QED) is 0.308. The van der Waals surface area contributed by atoms with Crippen LogP contribution in [0.4, 0.5) is 5.69 Å². The van der Waals surface area contributed by atoms with Gasteiger partial charge in [-0.1, -0.05) is 35.9 Å². The number of carbonyl (C=O) groups excluding carboxylic acids is 1. The van der Waals surface area contributed by atoms with Gasteiger partial charge in [0.25, 0.3) is 5.91 Å². The van der Waals surface area contributed by atoms with Gasteiger partial charge >= 0.3 is 5.97 Å². The molecule has 1 heterocycles. The fourth-order valence-corrected chi connectivity index (χ4v) is 4.77. The van der Waals surface area contributed by atoms with E-state index in [-0.39, 0.29) is 11.5 Å². The molecule has 190 valence electrons. The second-order valence-electron chi connectivity index (χ2n) is 7.96.